The van der Waals surface area contributed by atoms with Crippen LogP contribution < -0.4 is 0 Å². The van der Waals surface area contributed by atoms with Crippen molar-refractivity contribution in [3.8, 4) is 6.07 Å². The van der Waals surface area contributed by atoms with E-state index in [0.717, 1.165) is 29.6 Å². The van der Waals surface area contributed by atoms with Crippen molar-refractivity contribution >= 4 is 0 Å². The van der Waals surface area contributed by atoms with Gasteiger partial charge in [-0.1, -0.05) is 58.8 Å². The topological polar surface area (TPSA) is 23.8 Å². The van der Waals surface area contributed by atoms with Gasteiger partial charge < -0.3 is 0 Å². The Hall–Kier alpha value is -0.510. The van der Waals surface area contributed by atoms with Gasteiger partial charge in [-0.2, -0.15) is 5.26 Å². The van der Waals surface area contributed by atoms with Gasteiger partial charge >= 0.3 is 0 Å². The van der Waals surface area contributed by atoms with Gasteiger partial charge in [-0.15, -0.1) is 0 Å². The van der Waals surface area contributed by atoms with Crippen LogP contribution in [-0.4, -0.2) is 0 Å². The maximum atomic E-state index is 9.98. The van der Waals surface area contributed by atoms with E-state index in [4.69, 9.17) is 0 Å². The molecule has 1 nitrogen and oxygen atoms in total. The highest BCUT2D eigenvalue weighted by molar-refractivity contribution is 5.06. The van der Waals surface area contributed by atoms with E-state index in [9.17, 15) is 5.26 Å². The lowest BCUT2D eigenvalue weighted by Crippen LogP contribution is -2.44. The summed E-state index contributed by atoms with van der Waals surface area (Å²) in [5.41, 5.74) is 0.0425. The van der Waals surface area contributed by atoms with Crippen molar-refractivity contribution in [3.05, 3.63) is 0 Å². The Morgan fingerprint density at radius 2 is 1.64 bits per heavy atom. The summed E-state index contributed by atoms with van der Waals surface area (Å²) in [6.45, 7) is 4.67. The number of unbranched alkanes of at least 4 members (excludes halogenated alkanes) is 4. The van der Waals surface area contributed by atoms with Crippen molar-refractivity contribution in [1.82, 2.24) is 0 Å². The monoisotopic (exact) mass is 343 g/mol. The minimum Gasteiger partial charge on any atom is -0.198 e. The first-order valence-electron chi connectivity index (χ1n) is 11.6. The molecule has 0 aromatic rings. The fraction of sp³-hybridized carbons (Fsp3) is 0.958. The van der Waals surface area contributed by atoms with Gasteiger partial charge in [-0.3, -0.25) is 0 Å². The molecule has 0 amide bonds. The molecule has 3 saturated carbocycles. The van der Waals surface area contributed by atoms with Gasteiger partial charge in [0.1, 0.15) is 0 Å². The van der Waals surface area contributed by atoms with Crippen molar-refractivity contribution in [2.75, 3.05) is 0 Å². The summed E-state index contributed by atoms with van der Waals surface area (Å²) >= 11 is 0. The Balaban J connectivity index is 1.54. The van der Waals surface area contributed by atoms with Gasteiger partial charge in [0.2, 0.25) is 0 Å². The number of fused-ring (bicyclic) bond motifs is 3. The number of nitrogens with zero attached hydrogens (tertiary/aromatic N) is 1. The maximum Gasteiger partial charge on any atom is 0.0689 e. The smallest absolute Gasteiger partial charge is 0.0689 e. The van der Waals surface area contributed by atoms with E-state index >= 15 is 0 Å². The lowest BCUT2D eigenvalue weighted by molar-refractivity contribution is -0.0174. The van der Waals surface area contributed by atoms with Crippen molar-refractivity contribution < 1.29 is 0 Å². The van der Waals surface area contributed by atoms with E-state index in [1.165, 1.54) is 96.3 Å². The standard InChI is InChI=1S/C24H41N/c1-3-5-6-7-8-14-24(18-25)15-13-23-21(17-24)11-10-20-16-19(4-2)9-12-22(20)23/h19-23H,3-17H2,1-2H3/t19-,20?,21?,22?,23?,24+/m1/s1. The summed E-state index contributed by atoms with van der Waals surface area (Å²) in [5.74, 6) is 4.91. The normalized spacial score (nSPS) is 40.8. The summed E-state index contributed by atoms with van der Waals surface area (Å²) < 4.78 is 0. The highest BCUT2D eigenvalue weighted by atomic mass is 14.5. The molecule has 0 bridgehead atoms. The van der Waals surface area contributed by atoms with Crippen molar-refractivity contribution in [2.24, 2.45) is 35.0 Å². The predicted molar refractivity (Wildman–Crippen MR) is 106 cm³/mol. The third-order valence-electron chi connectivity index (χ3n) is 8.40. The Labute approximate surface area is 157 Å². The number of nitriles is 1. The molecule has 3 aliphatic rings. The molecule has 3 rings (SSSR count). The number of rotatable bonds is 7. The Kier molecular flexibility index (Phi) is 6.87. The largest absolute Gasteiger partial charge is 0.198 e. The molecule has 0 spiro atoms. The average molecular weight is 344 g/mol. The van der Waals surface area contributed by atoms with Crippen LogP contribution in [0.2, 0.25) is 0 Å². The Morgan fingerprint density at radius 1 is 0.880 bits per heavy atom. The van der Waals surface area contributed by atoms with Crippen LogP contribution in [0.5, 0.6) is 0 Å². The third kappa shape index (κ3) is 4.43. The molecule has 4 unspecified atom stereocenters. The fourth-order valence-electron chi connectivity index (χ4n) is 6.84. The van der Waals surface area contributed by atoms with E-state index in [2.05, 4.69) is 19.9 Å². The molecule has 142 valence electrons. The molecule has 6 atom stereocenters. The van der Waals surface area contributed by atoms with E-state index in [1.54, 1.807) is 0 Å². The van der Waals surface area contributed by atoms with Gasteiger partial charge in [-0.05, 0) is 81.0 Å². The summed E-state index contributed by atoms with van der Waals surface area (Å²) in [6.07, 6.45) is 20.5. The molecule has 0 aliphatic heterocycles. The van der Waals surface area contributed by atoms with Crippen LogP contribution in [0.1, 0.15) is 110 Å². The minimum atomic E-state index is 0.0425. The van der Waals surface area contributed by atoms with Gasteiger partial charge in [0, 0.05) is 0 Å². The minimum absolute atomic E-state index is 0.0425. The highest BCUT2D eigenvalue weighted by Gasteiger charge is 2.48. The molecule has 3 fully saturated rings. The summed E-state index contributed by atoms with van der Waals surface area (Å²) in [6, 6.07) is 2.83. The average Bonchev–Trinajstić information content (AvgIpc) is 2.67. The lowest BCUT2D eigenvalue weighted by atomic mass is 9.52. The van der Waals surface area contributed by atoms with E-state index < -0.39 is 0 Å². The van der Waals surface area contributed by atoms with E-state index in [-0.39, 0.29) is 5.41 Å². The fourth-order valence-corrected chi connectivity index (χ4v) is 6.84. The summed E-state index contributed by atoms with van der Waals surface area (Å²) in [5, 5.41) is 9.98. The highest BCUT2D eigenvalue weighted by Crippen LogP contribution is 2.56. The SMILES string of the molecule is CCCCCCC[C@]1(C#N)CCC2C(CCC3C[C@H](CC)CCC32)C1. The van der Waals surface area contributed by atoms with E-state index in [0.29, 0.717) is 0 Å². The molecule has 0 heterocycles. The molecule has 0 radical (unpaired) electrons. The predicted octanol–water partition coefficient (Wildman–Crippen LogP) is 7.51. The quantitative estimate of drug-likeness (QED) is 0.439. The second kappa shape index (κ2) is 8.92. The van der Waals surface area contributed by atoms with Crippen LogP contribution in [0.3, 0.4) is 0 Å². The number of hydrogen-bond acceptors (Lipinski definition) is 1. The van der Waals surface area contributed by atoms with Crippen LogP contribution in [-0.2, 0) is 0 Å². The molecular formula is C24H41N. The second-order valence-corrected chi connectivity index (χ2v) is 9.81. The van der Waals surface area contributed by atoms with Gasteiger partial charge in [0.15, 0.2) is 0 Å². The maximum absolute atomic E-state index is 9.98. The van der Waals surface area contributed by atoms with Crippen LogP contribution in [0.15, 0.2) is 0 Å². The first-order valence-corrected chi connectivity index (χ1v) is 11.6. The van der Waals surface area contributed by atoms with Crippen LogP contribution in [0.25, 0.3) is 0 Å². The molecule has 0 aromatic heterocycles. The van der Waals surface area contributed by atoms with Crippen molar-refractivity contribution in [3.63, 3.8) is 0 Å². The Morgan fingerprint density at radius 3 is 2.40 bits per heavy atom. The zero-order chi connectivity index (χ0) is 17.7. The lowest BCUT2D eigenvalue weighted by Gasteiger charge is -2.52. The first kappa shape index (κ1) is 19.3. The first-order chi connectivity index (χ1) is 12.2. The van der Waals surface area contributed by atoms with E-state index in [1.807, 2.05) is 0 Å². The van der Waals surface area contributed by atoms with Gasteiger partial charge in [0.05, 0.1) is 11.5 Å². The molecule has 3 aliphatic carbocycles. The molecule has 0 aromatic carbocycles. The molecular weight excluding hydrogens is 302 g/mol. The molecule has 0 N–H and O–H groups in total. The third-order valence-corrected chi connectivity index (χ3v) is 8.40. The summed E-state index contributed by atoms with van der Waals surface area (Å²) in [7, 11) is 0. The van der Waals surface area contributed by atoms with Gasteiger partial charge in [-0.25, -0.2) is 0 Å². The Bertz CT molecular complexity index is 450. The zero-order valence-corrected chi connectivity index (χ0v) is 16.9. The van der Waals surface area contributed by atoms with Gasteiger partial charge in [0.25, 0.3) is 0 Å². The molecule has 1 heteroatoms. The van der Waals surface area contributed by atoms with Crippen LogP contribution in [0, 0.1) is 46.3 Å². The number of hydrogen-bond donors (Lipinski definition) is 0. The zero-order valence-electron chi connectivity index (χ0n) is 16.9. The molecule has 0 saturated heterocycles. The molecule has 25 heavy (non-hydrogen) atoms. The second-order valence-electron chi connectivity index (χ2n) is 9.81. The van der Waals surface area contributed by atoms with Crippen LogP contribution in [0.4, 0.5) is 0 Å². The van der Waals surface area contributed by atoms with Crippen molar-refractivity contribution in [2.45, 2.75) is 110 Å². The van der Waals surface area contributed by atoms with Crippen molar-refractivity contribution in [1.29, 1.82) is 5.26 Å². The van der Waals surface area contributed by atoms with Crippen LogP contribution >= 0.6 is 0 Å². The summed E-state index contributed by atoms with van der Waals surface area (Å²) in [4.78, 5) is 0.